The van der Waals surface area contributed by atoms with Crippen LogP contribution in [0.2, 0.25) is 0 Å². The van der Waals surface area contributed by atoms with Crippen molar-refractivity contribution in [3.63, 3.8) is 0 Å². The van der Waals surface area contributed by atoms with Crippen molar-refractivity contribution in [1.82, 2.24) is 10.2 Å². The Hall–Kier alpha value is -1.83. The van der Waals surface area contributed by atoms with Crippen LogP contribution in [-0.4, -0.2) is 66.9 Å². The molecule has 0 radical (unpaired) electrons. The van der Waals surface area contributed by atoms with Crippen LogP contribution in [0.15, 0.2) is 0 Å². The van der Waals surface area contributed by atoms with E-state index in [0.717, 1.165) is 58.0 Å². The number of alkyl carbamates (subject to hydrolysis) is 1. The maximum atomic E-state index is 15.0. The van der Waals surface area contributed by atoms with Gasteiger partial charge in [-0.3, -0.25) is 4.79 Å². The van der Waals surface area contributed by atoms with E-state index in [0.29, 0.717) is 30.1 Å². The fourth-order valence-corrected chi connectivity index (χ4v) is 13.1. The molecule has 7 rings (SSSR count). The van der Waals surface area contributed by atoms with Gasteiger partial charge in [0.1, 0.15) is 18.3 Å². The quantitative estimate of drug-likeness (QED) is 0.354. The van der Waals surface area contributed by atoms with E-state index in [1.165, 1.54) is 12.8 Å². The Morgan fingerprint density at radius 1 is 1.02 bits per heavy atom. The molecule has 0 bridgehead atoms. The molecule has 0 aromatic heterocycles. The molecule has 0 aromatic rings. The summed E-state index contributed by atoms with van der Waals surface area (Å²) in [5, 5.41) is 2.77. The lowest BCUT2D eigenvalue weighted by Gasteiger charge is -2.62. The van der Waals surface area contributed by atoms with E-state index in [1.807, 2.05) is 11.8 Å². The lowest BCUT2D eigenvalue weighted by Crippen LogP contribution is -2.59. The second-order valence-electron chi connectivity index (χ2n) is 17.7. The lowest BCUT2D eigenvalue weighted by molar-refractivity contribution is -0.176. The summed E-state index contributed by atoms with van der Waals surface area (Å²) < 4.78 is 19.0. The zero-order valence-electron chi connectivity index (χ0n) is 29.1. The predicted octanol–water partition coefficient (Wildman–Crippen LogP) is 6.99. The Morgan fingerprint density at radius 3 is 2.36 bits per heavy atom. The molecular weight excluding hydrogens is 568 g/mol. The summed E-state index contributed by atoms with van der Waals surface area (Å²) in [6.07, 6.45) is 7.84. The third-order valence-electron chi connectivity index (χ3n) is 15.4. The van der Waals surface area contributed by atoms with Crippen LogP contribution in [-0.2, 0) is 19.0 Å². The molecule has 7 fully saturated rings. The standard InChI is InChI=1S/C37H58N2O6/c1-9-38-31(41)45-28(21(2)3)23-19-22(4)27-29(43-23)30(40)35(8)25-12-11-24-33(5,6)26(44-32(42)39-17-10-18-39)13-14-36(24)20-37(25,36)16-15-34(27,35)7/h21-29H,9-20H2,1-8H3,(H,38,41). The number of hydrogen-bond donors (Lipinski definition) is 1. The van der Waals surface area contributed by atoms with E-state index < -0.39 is 23.7 Å². The zero-order valence-corrected chi connectivity index (χ0v) is 29.1. The van der Waals surface area contributed by atoms with E-state index in [2.05, 4.69) is 53.8 Å². The van der Waals surface area contributed by atoms with E-state index in [1.54, 1.807) is 0 Å². The Kier molecular flexibility index (Phi) is 7.29. The summed E-state index contributed by atoms with van der Waals surface area (Å²) in [6, 6.07) is 0. The van der Waals surface area contributed by atoms with Crippen molar-refractivity contribution in [2.75, 3.05) is 19.6 Å². The number of fused-ring (bicyclic) bond motifs is 4. The van der Waals surface area contributed by atoms with Crippen molar-refractivity contribution < 1.29 is 28.6 Å². The van der Waals surface area contributed by atoms with Crippen LogP contribution in [0.3, 0.4) is 0 Å². The van der Waals surface area contributed by atoms with Crippen LogP contribution in [0.5, 0.6) is 0 Å². The van der Waals surface area contributed by atoms with Gasteiger partial charge in [-0.1, -0.05) is 48.5 Å². The molecule has 1 N–H and O–H groups in total. The highest BCUT2D eigenvalue weighted by molar-refractivity contribution is 5.93. The van der Waals surface area contributed by atoms with Gasteiger partial charge in [-0.05, 0) is 105 Å². The largest absolute Gasteiger partial charge is 0.446 e. The number of ether oxygens (including phenoxy) is 3. The van der Waals surface area contributed by atoms with E-state index in [4.69, 9.17) is 14.2 Å². The van der Waals surface area contributed by atoms with Crippen LogP contribution in [0.1, 0.15) is 113 Å². The van der Waals surface area contributed by atoms with Crippen LogP contribution >= 0.6 is 0 Å². The number of nitrogens with zero attached hydrogens (tertiary/aromatic N) is 1. The van der Waals surface area contributed by atoms with Crippen LogP contribution < -0.4 is 5.32 Å². The summed E-state index contributed by atoms with van der Waals surface area (Å²) in [4.78, 5) is 42.1. The van der Waals surface area contributed by atoms with E-state index in [9.17, 15) is 14.4 Å². The second-order valence-corrected chi connectivity index (χ2v) is 17.7. The van der Waals surface area contributed by atoms with Gasteiger partial charge in [-0.25, -0.2) is 9.59 Å². The molecule has 7 aliphatic rings. The minimum absolute atomic E-state index is 0.0439. The molecular formula is C37H58N2O6. The number of carbonyl (C=O) groups excluding carboxylic acids is 3. The molecule has 2 spiro atoms. The Bertz CT molecular complexity index is 1250. The number of carbonyl (C=O) groups is 3. The van der Waals surface area contributed by atoms with Gasteiger partial charge in [0.25, 0.3) is 0 Å². The van der Waals surface area contributed by atoms with Crippen molar-refractivity contribution in [3.8, 4) is 0 Å². The number of likely N-dealkylation sites (tertiary alicyclic amines) is 1. The molecule has 252 valence electrons. The van der Waals surface area contributed by atoms with Crippen molar-refractivity contribution in [2.45, 2.75) is 138 Å². The van der Waals surface area contributed by atoms with Crippen molar-refractivity contribution in [3.05, 3.63) is 0 Å². The fourth-order valence-electron chi connectivity index (χ4n) is 13.1. The predicted molar refractivity (Wildman–Crippen MR) is 170 cm³/mol. The number of amides is 2. The van der Waals surface area contributed by atoms with E-state index >= 15 is 0 Å². The second kappa shape index (κ2) is 10.3. The molecule has 45 heavy (non-hydrogen) atoms. The molecule has 5 aliphatic carbocycles. The number of Topliss-reactive ketones (excluding diaryl/α,β-unsaturated/α-hetero) is 1. The highest BCUT2D eigenvalue weighted by atomic mass is 16.6. The molecule has 12 atom stereocenters. The average molecular weight is 627 g/mol. The smallest absolute Gasteiger partial charge is 0.410 e. The van der Waals surface area contributed by atoms with Gasteiger partial charge in [-0.2, -0.15) is 0 Å². The average Bonchev–Trinajstić information content (AvgIpc) is 3.57. The maximum Gasteiger partial charge on any atom is 0.410 e. The van der Waals surface area contributed by atoms with Gasteiger partial charge in [0.15, 0.2) is 5.78 Å². The Morgan fingerprint density at radius 2 is 1.71 bits per heavy atom. The monoisotopic (exact) mass is 626 g/mol. The first kappa shape index (κ1) is 31.8. The maximum absolute atomic E-state index is 15.0. The Labute approximate surface area is 270 Å². The molecule has 8 heteroatoms. The molecule has 2 aliphatic heterocycles. The van der Waals surface area contributed by atoms with Crippen LogP contribution in [0, 0.1) is 56.7 Å². The third-order valence-corrected chi connectivity index (χ3v) is 15.4. The first-order valence-corrected chi connectivity index (χ1v) is 18.3. The first-order valence-electron chi connectivity index (χ1n) is 18.3. The normalized spacial score (nSPS) is 48.1. The molecule has 5 saturated carbocycles. The number of nitrogens with one attached hydrogen (secondary N) is 1. The van der Waals surface area contributed by atoms with Crippen LogP contribution in [0.25, 0.3) is 0 Å². The van der Waals surface area contributed by atoms with Gasteiger partial charge >= 0.3 is 12.2 Å². The summed E-state index contributed by atoms with van der Waals surface area (Å²) in [6.45, 7) is 19.9. The highest BCUT2D eigenvalue weighted by Gasteiger charge is 2.85. The topological polar surface area (TPSA) is 94.2 Å². The van der Waals surface area contributed by atoms with Gasteiger partial charge in [0, 0.05) is 36.4 Å². The molecule has 2 heterocycles. The number of hydrogen-bond acceptors (Lipinski definition) is 6. The van der Waals surface area contributed by atoms with Crippen molar-refractivity contribution >= 4 is 18.0 Å². The SMILES string of the molecule is CCNC(=O)OC(C(C)C)C1CC(C)C2C(O1)C(=O)C1(C)C3CCC4C(C)(C)C(OC(=O)N5CCC5)CCC45CC35CCC21C. The van der Waals surface area contributed by atoms with Crippen LogP contribution in [0.4, 0.5) is 9.59 Å². The third kappa shape index (κ3) is 4.08. The molecule has 12 unspecified atom stereocenters. The summed E-state index contributed by atoms with van der Waals surface area (Å²) in [7, 11) is 0. The van der Waals surface area contributed by atoms with Gasteiger partial charge in [-0.15, -0.1) is 0 Å². The summed E-state index contributed by atoms with van der Waals surface area (Å²) in [5.74, 6) is 1.75. The number of ketones is 1. The fraction of sp³-hybridized carbons (Fsp3) is 0.919. The number of rotatable bonds is 5. The van der Waals surface area contributed by atoms with Gasteiger partial charge in [0.2, 0.25) is 0 Å². The highest BCUT2D eigenvalue weighted by Crippen LogP contribution is 2.89. The molecule has 2 saturated heterocycles. The van der Waals surface area contributed by atoms with E-state index in [-0.39, 0.29) is 51.8 Å². The van der Waals surface area contributed by atoms with Gasteiger partial charge < -0.3 is 24.4 Å². The van der Waals surface area contributed by atoms with Crippen molar-refractivity contribution in [2.24, 2.45) is 56.7 Å². The minimum atomic E-state index is -0.441. The van der Waals surface area contributed by atoms with Crippen molar-refractivity contribution in [1.29, 1.82) is 0 Å². The summed E-state index contributed by atoms with van der Waals surface area (Å²) in [5.41, 5.74) is -0.184. The summed E-state index contributed by atoms with van der Waals surface area (Å²) >= 11 is 0. The first-order chi connectivity index (χ1) is 21.2. The molecule has 8 nitrogen and oxygen atoms in total. The Balaban J connectivity index is 1.14. The molecule has 2 amide bonds. The zero-order chi connectivity index (χ0) is 32.3. The molecule has 0 aromatic carbocycles. The lowest BCUT2D eigenvalue weighted by atomic mass is 9.41. The minimum Gasteiger partial charge on any atom is -0.446 e. The van der Waals surface area contributed by atoms with Gasteiger partial charge in [0.05, 0.1) is 6.10 Å².